The van der Waals surface area contributed by atoms with E-state index >= 15 is 0 Å². The summed E-state index contributed by atoms with van der Waals surface area (Å²) in [4.78, 5) is 10.6. The van der Waals surface area contributed by atoms with Crippen LogP contribution in [0.3, 0.4) is 0 Å². The van der Waals surface area contributed by atoms with Crippen LogP contribution in [0.1, 0.15) is 52.4 Å². The number of hydrogen-bond acceptors (Lipinski definition) is 2. The Morgan fingerprint density at radius 1 is 1.38 bits per heavy atom. The predicted molar refractivity (Wildman–Crippen MR) is 65.5 cm³/mol. The third-order valence-electron chi connectivity index (χ3n) is 3.44. The monoisotopic (exact) mass is 227 g/mol. The predicted octanol–water partition coefficient (Wildman–Crippen LogP) is 2.66. The van der Waals surface area contributed by atoms with E-state index < -0.39 is 5.97 Å². The van der Waals surface area contributed by atoms with Gasteiger partial charge in [0.25, 0.3) is 0 Å². The van der Waals surface area contributed by atoms with Crippen LogP contribution in [0.5, 0.6) is 0 Å². The van der Waals surface area contributed by atoms with Crippen molar-refractivity contribution in [2.45, 2.75) is 52.4 Å². The third kappa shape index (κ3) is 5.50. The van der Waals surface area contributed by atoms with Gasteiger partial charge in [0.1, 0.15) is 0 Å². The topological polar surface area (TPSA) is 49.3 Å². The Morgan fingerprint density at radius 2 is 2.00 bits per heavy atom. The molecular weight excluding hydrogens is 202 g/mol. The summed E-state index contributed by atoms with van der Waals surface area (Å²) in [6.07, 6.45) is 7.07. The number of carbonyl (C=O) groups is 1. The molecule has 0 amide bonds. The second-order valence-electron chi connectivity index (χ2n) is 5.85. The molecule has 0 radical (unpaired) electrons. The minimum absolute atomic E-state index is 0.137. The second kappa shape index (κ2) is 6.24. The molecule has 3 nitrogen and oxygen atoms in total. The molecule has 2 N–H and O–H groups in total. The van der Waals surface area contributed by atoms with Crippen LogP contribution in [0.15, 0.2) is 0 Å². The molecule has 0 aromatic heterocycles. The molecule has 1 aliphatic carbocycles. The molecule has 0 unspecified atom stereocenters. The van der Waals surface area contributed by atoms with E-state index in [-0.39, 0.29) is 11.8 Å². The van der Waals surface area contributed by atoms with Crippen LogP contribution in [0.4, 0.5) is 0 Å². The van der Waals surface area contributed by atoms with Gasteiger partial charge in [-0.1, -0.05) is 39.5 Å². The first-order valence-electron chi connectivity index (χ1n) is 6.42. The SMILES string of the molecule is CC(C)(CNCCC1CCCC1)CC(=O)O. The zero-order valence-corrected chi connectivity index (χ0v) is 10.6. The maximum atomic E-state index is 10.6. The van der Waals surface area contributed by atoms with Gasteiger partial charge in [0.2, 0.25) is 0 Å². The Balaban J connectivity index is 2.07. The minimum Gasteiger partial charge on any atom is -0.481 e. The number of carboxylic acid groups (broad SMARTS) is 1. The van der Waals surface area contributed by atoms with Crippen LogP contribution in [0.25, 0.3) is 0 Å². The molecule has 0 bridgehead atoms. The average molecular weight is 227 g/mol. The first-order chi connectivity index (χ1) is 7.49. The Kier molecular flexibility index (Phi) is 5.26. The van der Waals surface area contributed by atoms with Crippen LogP contribution in [-0.2, 0) is 4.79 Å². The normalized spacial score (nSPS) is 17.9. The molecule has 0 heterocycles. The zero-order valence-electron chi connectivity index (χ0n) is 10.6. The molecule has 0 aliphatic heterocycles. The standard InChI is InChI=1S/C13H25NO2/c1-13(2,9-12(15)16)10-14-8-7-11-5-3-4-6-11/h11,14H,3-10H2,1-2H3,(H,15,16). The highest BCUT2D eigenvalue weighted by Gasteiger charge is 2.21. The average Bonchev–Trinajstić information content (AvgIpc) is 2.62. The van der Waals surface area contributed by atoms with Crippen molar-refractivity contribution in [3.8, 4) is 0 Å². The zero-order chi connectivity index (χ0) is 12.0. The number of carboxylic acids is 1. The van der Waals surface area contributed by atoms with E-state index in [1.165, 1.54) is 32.1 Å². The number of rotatable bonds is 7. The number of nitrogens with one attached hydrogen (secondary N) is 1. The van der Waals surface area contributed by atoms with Gasteiger partial charge < -0.3 is 10.4 Å². The lowest BCUT2D eigenvalue weighted by Gasteiger charge is -2.23. The van der Waals surface area contributed by atoms with Crippen molar-refractivity contribution < 1.29 is 9.90 Å². The van der Waals surface area contributed by atoms with Crippen LogP contribution in [0.2, 0.25) is 0 Å². The first kappa shape index (κ1) is 13.5. The van der Waals surface area contributed by atoms with Crippen molar-refractivity contribution in [3.05, 3.63) is 0 Å². The molecule has 1 fully saturated rings. The van der Waals surface area contributed by atoms with Crippen molar-refractivity contribution in [3.63, 3.8) is 0 Å². The third-order valence-corrected chi connectivity index (χ3v) is 3.44. The summed E-state index contributed by atoms with van der Waals surface area (Å²) in [5.74, 6) is 0.206. The van der Waals surface area contributed by atoms with E-state index in [2.05, 4.69) is 5.32 Å². The summed E-state index contributed by atoms with van der Waals surface area (Å²) in [5, 5.41) is 12.1. The maximum absolute atomic E-state index is 10.6. The van der Waals surface area contributed by atoms with Gasteiger partial charge in [-0.2, -0.15) is 0 Å². The van der Waals surface area contributed by atoms with E-state index in [9.17, 15) is 4.79 Å². The summed E-state index contributed by atoms with van der Waals surface area (Å²) < 4.78 is 0. The quantitative estimate of drug-likeness (QED) is 0.657. The van der Waals surface area contributed by atoms with Crippen molar-refractivity contribution >= 4 is 5.97 Å². The van der Waals surface area contributed by atoms with Crippen LogP contribution in [0, 0.1) is 11.3 Å². The highest BCUT2D eigenvalue weighted by Crippen LogP contribution is 2.27. The minimum atomic E-state index is -0.706. The van der Waals surface area contributed by atoms with E-state index in [1.54, 1.807) is 0 Å². The smallest absolute Gasteiger partial charge is 0.303 e. The van der Waals surface area contributed by atoms with Gasteiger partial charge in [-0.05, 0) is 24.3 Å². The van der Waals surface area contributed by atoms with E-state index in [1.807, 2.05) is 13.8 Å². The molecule has 1 rings (SSSR count). The molecular formula is C13H25NO2. The Labute approximate surface area is 98.6 Å². The Bertz CT molecular complexity index is 220. The molecule has 16 heavy (non-hydrogen) atoms. The van der Waals surface area contributed by atoms with Crippen molar-refractivity contribution in [1.29, 1.82) is 0 Å². The first-order valence-corrected chi connectivity index (χ1v) is 6.42. The van der Waals surface area contributed by atoms with Gasteiger partial charge in [-0.25, -0.2) is 0 Å². The van der Waals surface area contributed by atoms with Crippen LogP contribution < -0.4 is 5.32 Å². The van der Waals surface area contributed by atoms with E-state index in [0.29, 0.717) is 0 Å². The summed E-state index contributed by atoms with van der Waals surface area (Å²) in [6.45, 7) is 5.84. The van der Waals surface area contributed by atoms with Gasteiger partial charge in [0.05, 0.1) is 6.42 Å². The molecule has 94 valence electrons. The second-order valence-corrected chi connectivity index (χ2v) is 5.85. The van der Waals surface area contributed by atoms with Gasteiger partial charge in [0.15, 0.2) is 0 Å². The molecule has 0 saturated heterocycles. The largest absolute Gasteiger partial charge is 0.481 e. The summed E-state index contributed by atoms with van der Waals surface area (Å²) in [6, 6.07) is 0. The highest BCUT2D eigenvalue weighted by molar-refractivity contribution is 5.67. The van der Waals surface area contributed by atoms with Gasteiger partial charge in [0, 0.05) is 6.54 Å². The number of hydrogen-bond donors (Lipinski definition) is 2. The number of aliphatic carboxylic acids is 1. The fourth-order valence-corrected chi connectivity index (χ4v) is 2.50. The van der Waals surface area contributed by atoms with Gasteiger partial charge >= 0.3 is 5.97 Å². The molecule has 1 aliphatic rings. The molecule has 0 spiro atoms. The molecule has 0 aromatic rings. The van der Waals surface area contributed by atoms with Gasteiger partial charge in [-0.3, -0.25) is 4.79 Å². The van der Waals surface area contributed by atoms with E-state index in [4.69, 9.17) is 5.11 Å². The Hall–Kier alpha value is -0.570. The van der Waals surface area contributed by atoms with Crippen LogP contribution >= 0.6 is 0 Å². The summed E-state index contributed by atoms with van der Waals surface area (Å²) in [7, 11) is 0. The molecule has 3 heteroatoms. The Morgan fingerprint density at radius 3 is 2.56 bits per heavy atom. The molecule has 0 atom stereocenters. The fraction of sp³-hybridized carbons (Fsp3) is 0.923. The fourth-order valence-electron chi connectivity index (χ4n) is 2.50. The van der Waals surface area contributed by atoms with Crippen molar-refractivity contribution in [2.24, 2.45) is 11.3 Å². The lowest BCUT2D eigenvalue weighted by Crippen LogP contribution is -2.32. The summed E-state index contributed by atoms with van der Waals surface area (Å²) >= 11 is 0. The lowest BCUT2D eigenvalue weighted by atomic mass is 9.89. The van der Waals surface area contributed by atoms with E-state index in [0.717, 1.165) is 19.0 Å². The van der Waals surface area contributed by atoms with Crippen molar-refractivity contribution in [1.82, 2.24) is 5.32 Å². The maximum Gasteiger partial charge on any atom is 0.303 e. The summed E-state index contributed by atoms with van der Waals surface area (Å²) in [5.41, 5.74) is -0.137. The van der Waals surface area contributed by atoms with Crippen LogP contribution in [-0.4, -0.2) is 24.2 Å². The van der Waals surface area contributed by atoms with Gasteiger partial charge in [-0.15, -0.1) is 0 Å². The highest BCUT2D eigenvalue weighted by atomic mass is 16.4. The molecule has 0 aromatic carbocycles. The lowest BCUT2D eigenvalue weighted by molar-refractivity contribution is -0.139. The van der Waals surface area contributed by atoms with Crippen molar-refractivity contribution in [2.75, 3.05) is 13.1 Å². The molecule has 1 saturated carbocycles.